The van der Waals surface area contributed by atoms with Crippen LogP contribution in [0.25, 0.3) is 27.7 Å². The van der Waals surface area contributed by atoms with Gasteiger partial charge in [0.25, 0.3) is 0 Å². The minimum atomic E-state index is 0.477. The highest BCUT2D eigenvalue weighted by molar-refractivity contribution is 5.92. The molecule has 1 aliphatic rings. The quantitative estimate of drug-likeness (QED) is 0.391. The zero-order valence-corrected chi connectivity index (χ0v) is 17.8. The molecule has 3 aromatic heterocycles. The number of para-hydroxylation sites is 1. The molecule has 32 heavy (non-hydrogen) atoms. The van der Waals surface area contributed by atoms with Crippen molar-refractivity contribution in [3.8, 4) is 22.9 Å². The molecule has 5 aromatic rings. The van der Waals surface area contributed by atoms with Gasteiger partial charge in [0.1, 0.15) is 28.6 Å². The number of nitrogen functional groups attached to an aromatic ring is 1. The summed E-state index contributed by atoms with van der Waals surface area (Å²) in [4.78, 5) is 14.2. The van der Waals surface area contributed by atoms with Crippen LogP contribution in [0.3, 0.4) is 0 Å². The molecule has 158 valence electrons. The Labute approximate surface area is 185 Å². The highest BCUT2D eigenvalue weighted by Crippen LogP contribution is 2.39. The van der Waals surface area contributed by atoms with Crippen molar-refractivity contribution >= 4 is 22.2 Å². The Kier molecular flexibility index (Phi) is 4.31. The Hall–Kier alpha value is -3.93. The van der Waals surface area contributed by atoms with Crippen LogP contribution in [0.2, 0.25) is 0 Å². The molecule has 0 spiro atoms. The van der Waals surface area contributed by atoms with Gasteiger partial charge < -0.3 is 10.5 Å². The number of anilines is 1. The molecule has 6 nitrogen and oxygen atoms in total. The Morgan fingerprint density at radius 3 is 2.66 bits per heavy atom. The zero-order chi connectivity index (χ0) is 21.7. The molecule has 0 bridgehead atoms. The predicted octanol–water partition coefficient (Wildman–Crippen LogP) is 5.89. The van der Waals surface area contributed by atoms with Crippen LogP contribution < -0.4 is 10.5 Å². The average Bonchev–Trinajstić information content (AvgIpc) is 3.13. The summed E-state index contributed by atoms with van der Waals surface area (Å²) >= 11 is 0. The number of nitrogens with two attached hydrogens (primary N) is 1. The van der Waals surface area contributed by atoms with Crippen LogP contribution in [-0.4, -0.2) is 19.4 Å². The number of benzene rings is 2. The molecular formula is C26H23N5O. The largest absolute Gasteiger partial charge is 0.439 e. The maximum Gasteiger partial charge on any atom is 0.220 e. The maximum atomic E-state index is 6.31. The third-order valence-corrected chi connectivity index (χ3v) is 6.31. The Balaban J connectivity index is 1.49. The summed E-state index contributed by atoms with van der Waals surface area (Å²) in [5.74, 6) is 3.37. The average molecular weight is 422 g/mol. The van der Waals surface area contributed by atoms with Crippen LogP contribution in [0, 0.1) is 6.92 Å². The Bertz CT molecular complexity index is 1450. The normalized spacial score (nSPS) is 14.0. The van der Waals surface area contributed by atoms with E-state index in [9.17, 15) is 0 Å². The minimum absolute atomic E-state index is 0.477. The smallest absolute Gasteiger partial charge is 0.220 e. The topological polar surface area (TPSA) is 78.3 Å². The zero-order valence-electron chi connectivity index (χ0n) is 17.8. The van der Waals surface area contributed by atoms with Gasteiger partial charge in [0.15, 0.2) is 0 Å². The van der Waals surface area contributed by atoms with Gasteiger partial charge in [-0.2, -0.15) is 0 Å². The van der Waals surface area contributed by atoms with Crippen molar-refractivity contribution in [1.29, 1.82) is 0 Å². The second kappa shape index (κ2) is 7.34. The van der Waals surface area contributed by atoms with Crippen molar-refractivity contribution in [1.82, 2.24) is 19.4 Å². The van der Waals surface area contributed by atoms with Crippen LogP contribution in [0.4, 0.5) is 5.82 Å². The number of aryl methyl sites for hydroxylation is 1. The van der Waals surface area contributed by atoms with Crippen molar-refractivity contribution in [2.24, 2.45) is 0 Å². The minimum Gasteiger partial charge on any atom is -0.439 e. The third-order valence-electron chi connectivity index (χ3n) is 6.31. The van der Waals surface area contributed by atoms with Crippen LogP contribution in [0.1, 0.15) is 36.6 Å². The number of rotatable bonds is 4. The molecule has 2 N–H and O–H groups in total. The number of aromatic nitrogens is 4. The number of hydrogen-bond acceptors (Lipinski definition) is 5. The van der Waals surface area contributed by atoms with E-state index in [1.54, 1.807) is 6.20 Å². The van der Waals surface area contributed by atoms with Gasteiger partial charge in [0, 0.05) is 35.3 Å². The second-order valence-electron chi connectivity index (χ2n) is 8.40. The van der Waals surface area contributed by atoms with E-state index >= 15 is 0 Å². The Morgan fingerprint density at radius 2 is 1.88 bits per heavy atom. The number of nitrogens with zero attached hydrogens (tertiary/aromatic N) is 4. The van der Waals surface area contributed by atoms with Crippen LogP contribution in [0.15, 0.2) is 67.0 Å². The first-order chi connectivity index (χ1) is 15.7. The van der Waals surface area contributed by atoms with Crippen molar-refractivity contribution in [3.05, 3.63) is 78.4 Å². The van der Waals surface area contributed by atoms with Gasteiger partial charge in [-0.3, -0.25) is 4.40 Å². The van der Waals surface area contributed by atoms with E-state index in [1.165, 1.54) is 19.3 Å². The first-order valence-electron chi connectivity index (χ1n) is 10.9. The maximum absolute atomic E-state index is 6.31. The molecule has 1 saturated carbocycles. The lowest BCUT2D eigenvalue weighted by Crippen LogP contribution is -2.12. The molecule has 0 amide bonds. The van der Waals surface area contributed by atoms with Gasteiger partial charge in [-0.25, -0.2) is 15.0 Å². The van der Waals surface area contributed by atoms with Crippen molar-refractivity contribution < 1.29 is 4.74 Å². The Morgan fingerprint density at radius 1 is 1.03 bits per heavy atom. The molecule has 0 unspecified atom stereocenters. The molecule has 6 rings (SSSR count). The van der Waals surface area contributed by atoms with E-state index in [1.807, 2.05) is 42.6 Å². The summed E-state index contributed by atoms with van der Waals surface area (Å²) < 4.78 is 8.11. The second-order valence-corrected chi connectivity index (χ2v) is 8.40. The summed E-state index contributed by atoms with van der Waals surface area (Å²) in [6.07, 6.45) is 7.29. The van der Waals surface area contributed by atoms with Crippen molar-refractivity contribution in [3.63, 3.8) is 0 Å². The van der Waals surface area contributed by atoms with E-state index in [4.69, 9.17) is 20.4 Å². The molecule has 6 heteroatoms. The van der Waals surface area contributed by atoms with Gasteiger partial charge in [0.05, 0.1) is 5.52 Å². The summed E-state index contributed by atoms with van der Waals surface area (Å²) in [6.45, 7) is 2.07. The molecule has 0 atom stereocenters. The van der Waals surface area contributed by atoms with Crippen LogP contribution in [0.5, 0.6) is 11.6 Å². The monoisotopic (exact) mass is 421 g/mol. The van der Waals surface area contributed by atoms with E-state index in [2.05, 4.69) is 34.5 Å². The summed E-state index contributed by atoms with van der Waals surface area (Å²) in [6, 6.07) is 17.9. The lowest BCUT2D eigenvalue weighted by molar-refractivity contribution is 0.400. The van der Waals surface area contributed by atoms with Crippen molar-refractivity contribution in [2.45, 2.75) is 32.1 Å². The van der Waals surface area contributed by atoms with Gasteiger partial charge in [-0.15, -0.1) is 0 Å². The van der Waals surface area contributed by atoms with E-state index in [0.717, 1.165) is 44.8 Å². The molecule has 1 aliphatic carbocycles. The van der Waals surface area contributed by atoms with Crippen molar-refractivity contribution in [2.75, 3.05) is 5.73 Å². The van der Waals surface area contributed by atoms with Gasteiger partial charge in [-0.05, 0) is 43.5 Å². The summed E-state index contributed by atoms with van der Waals surface area (Å²) in [5, 5.41) is 1.09. The number of hydrogen-bond donors (Lipinski definition) is 1. The standard InChI is InChI=1S/C26H23N5O/c1-16-14-22(32-19-8-3-2-4-9-19)29-21-15-18(10-11-20(16)21)23-24-25(27)28-12-13-31(24)26(30-23)17-6-5-7-17/h2-4,8-15,17H,5-7H2,1H3,(H2,27,28). The first-order valence-corrected chi connectivity index (χ1v) is 10.9. The van der Waals surface area contributed by atoms with E-state index in [-0.39, 0.29) is 0 Å². The van der Waals surface area contributed by atoms with E-state index in [0.29, 0.717) is 17.6 Å². The lowest BCUT2D eigenvalue weighted by atomic mass is 9.85. The fourth-order valence-electron chi connectivity index (χ4n) is 4.42. The lowest BCUT2D eigenvalue weighted by Gasteiger charge is -2.23. The van der Waals surface area contributed by atoms with Gasteiger partial charge in [-0.1, -0.05) is 36.8 Å². The third kappa shape index (κ3) is 3.07. The highest BCUT2D eigenvalue weighted by atomic mass is 16.5. The fraction of sp³-hybridized carbons (Fsp3) is 0.192. The molecule has 2 aromatic carbocycles. The summed E-state index contributed by atoms with van der Waals surface area (Å²) in [7, 11) is 0. The first kappa shape index (κ1) is 18.8. The van der Waals surface area contributed by atoms with Gasteiger partial charge in [0.2, 0.25) is 5.88 Å². The highest BCUT2D eigenvalue weighted by Gasteiger charge is 2.27. The number of fused-ring (bicyclic) bond motifs is 2. The van der Waals surface area contributed by atoms with Gasteiger partial charge >= 0.3 is 0 Å². The molecule has 0 aliphatic heterocycles. The molecule has 3 heterocycles. The molecule has 0 radical (unpaired) electrons. The van der Waals surface area contributed by atoms with E-state index < -0.39 is 0 Å². The van der Waals surface area contributed by atoms with Crippen LogP contribution in [-0.2, 0) is 0 Å². The molecular weight excluding hydrogens is 398 g/mol. The predicted molar refractivity (Wildman–Crippen MR) is 126 cm³/mol. The number of ether oxygens (including phenoxy) is 1. The van der Waals surface area contributed by atoms with Crippen LogP contribution >= 0.6 is 0 Å². The number of imidazole rings is 1. The molecule has 1 fully saturated rings. The fourth-order valence-corrected chi connectivity index (χ4v) is 4.42. The molecule has 0 saturated heterocycles. The number of pyridine rings is 1. The summed E-state index contributed by atoms with van der Waals surface area (Å²) in [5.41, 5.74) is 11.0. The SMILES string of the molecule is Cc1cc(Oc2ccccc2)nc2cc(-c3nc(C4CCC4)n4ccnc(N)c34)ccc12.